The summed E-state index contributed by atoms with van der Waals surface area (Å²) in [5.74, 6) is 2.14. The highest BCUT2D eigenvalue weighted by Crippen LogP contribution is 2.27. The molecular formula is C31H30ClN5O2. The lowest BCUT2D eigenvalue weighted by Crippen LogP contribution is -2.25. The molecule has 3 aromatic carbocycles. The number of nitrogens with one attached hydrogen (secondary N) is 1. The van der Waals surface area contributed by atoms with E-state index in [4.69, 9.17) is 26.2 Å². The van der Waals surface area contributed by atoms with Crippen molar-refractivity contribution in [1.29, 1.82) is 0 Å². The maximum absolute atomic E-state index is 6.28. The molecule has 0 spiro atoms. The van der Waals surface area contributed by atoms with Gasteiger partial charge in [-0.2, -0.15) is 4.98 Å². The smallest absolute Gasteiger partial charge is 0.247 e. The van der Waals surface area contributed by atoms with E-state index in [2.05, 4.69) is 15.2 Å². The Hall–Kier alpha value is -4.07. The van der Waals surface area contributed by atoms with Crippen LogP contribution in [0.1, 0.15) is 18.4 Å². The van der Waals surface area contributed by atoms with Gasteiger partial charge in [-0.05, 0) is 80.5 Å². The number of pyridine rings is 1. The Kier molecular flexibility index (Phi) is 7.61. The molecule has 0 amide bonds. The van der Waals surface area contributed by atoms with E-state index in [0.717, 1.165) is 46.2 Å². The fraction of sp³-hybridized carbons (Fsp3) is 0.226. The van der Waals surface area contributed by atoms with Crippen LogP contribution in [0.3, 0.4) is 0 Å². The number of fused-ring (bicyclic) bond motifs is 1. The normalized spacial score (nSPS) is 13.6. The Labute approximate surface area is 233 Å². The summed E-state index contributed by atoms with van der Waals surface area (Å²) in [6.45, 7) is 4.44. The minimum Gasteiger partial charge on any atom is -0.492 e. The zero-order valence-electron chi connectivity index (χ0n) is 21.6. The van der Waals surface area contributed by atoms with Crippen LogP contribution in [0.25, 0.3) is 16.9 Å². The molecule has 1 aliphatic heterocycles. The van der Waals surface area contributed by atoms with E-state index in [-0.39, 0.29) is 0 Å². The van der Waals surface area contributed by atoms with Gasteiger partial charge in [0.1, 0.15) is 24.7 Å². The van der Waals surface area contributed by atoms with Crippen LogP contribution in [0.2, 0.25) is 5.02 Å². The van der Waals surface area contributed by atoms with Gasteiger partial charge in [-0.1, -0.05) is 48.0 Å². The van der Waals surface area contributed by atoms with Gasteiger partial charge < -0.3 is 14.8 Å². The molecule has 0 bridgehead atoms. The van der Waals surface area contributed by atoms with Crippen molar-refractivity contribution in [2.45, 2.75) is 19.4 Å². The van der Waals surface area contributed by atoms with E-state index in [9.17, 15) is 0 Å². The first-order chi connectivity index (χ1) is 19.2. The monoisotopic (exact) mass is 539 g/mol. The summed E-state index contributed by atoms with van der Waals surface area (Å²) in [6, 6.07) is 29.5. The zero-order valence-corrected chi connectivity index (χ0v) is 22.3. The van der Waals surface area contributed by atoms with E-state index in [1.807, 2.05) is 95.5 Å². The molecule has 1 aliphatic rings. The van der Waals surface area contributed by atoms with Crippen molar-refractivity contribution < 1.29 is 9.47 Å². The number of hydrogen-bond acceptors (Lipinski definition) is 6. The lowest BCUT2D eigenvalue weighted by Gasteiger charge is -2.15. The fourth-order valence-corrected chi connectivity index (χ4v) is 4.95. The molecule has 1 fully saturated rings. The van der Waals surface area contributed by atoms with Crippen LogP contribution in [0.5, 0.6) is 11.5 Å². The van der Waals surface area contributed by atoms with Gasteiger partial charge in [0.05, 0.1) is 5.69 Å². The van der Waals surface area contributed by atoms with Crippen molar-refractivity contribution in [2.24, 2.45) is 0 Å². The predicted octanol–water partition coefficient (Wildman–Crippen LogP) is 6.85. The summed E-state index contributed by atoms with van der Waals surface area (Å²) >= 11 is 6.28. The van der Waals surface area contributed by atoms with Gasteiger partial charge in [-0.25, -0.2) is 4.52 Å². The number of halogens is 1. The number of nitrogens with zero attached hydrogens (tertiary/aromatic N) is 4. The molecule has 1 saturated heterocycles. The first-order valence-electron chi connectivity index (χ1n) is 13.3. The number of ether oxygens (including phenoxy) is 2. The van der Waals surface area contributed by atoms with Gasteiger partial charge in [0.25, 0.3) is 0 Å². The van der Waals surface area contributed by atoms with Gasteiger partial charge in [0.15, 0.2) is 5.65 Å². The number of anilines is 2. The van der Waals surface area contributed by atoms with Crippen LogP contribution < -0.4 is 14.8 Å². The molecule has 0 unspecified atom stereocenters. The third kappa shape index (κ3) is 6.16. The molecule has 1 N–H and O–H groups in total. The Balaban J connectivity index is 1.13. The molecule has 2 aromatic heterocycles. The lowest BCUT2D eigenvalue weighted by atomic mass is 10.1. The van der Waals surface area contributed by atoms with Gasteiger partial charge in [-0.15, -0.1) is 5.10 Å². The SMILES string of the molecule is Clc1ccccc1COc1cccc(-c2cccc3nc(Nc4ccc(OCCN5CCCC5)cc4)nn23)c1. The van der Waals surface area contributed by atoms with Crippen LogP contribution in [0, 0.1) is 0 Å². The maximum Gasteiger partial charge on any atom is 0.247 e. The van der Waals surface area contributed by atoms with Crippen molar-refractivity contribution in [1.82, 2.24) is 19.5 Å². The summed E-state index contributed by atoms with van der Waals surface area (Å²) in [4.78, 5) is 7.12. The van der Waals surface area contributed by atoms with Crippen LogP contribution in [-0.2, 0) is 6.61 Å². The first kappa shape index (κ1) is 25.2. The maximum atomic E-state index is 6.28. The molecule has 0 atom stereocenters. The van der Waals surface area contributed by atoms with Crippen molar-refractivity contribution in [2.75, 3.05) is 31.6 Å². The number of benzene rings is 3. The summed E-state index contributed by atoms with van der Waals surface area (Å²) in [5, 5.41) is 8.74. The number of likely N-dealkylation sites (tertiary alicyclic amines) is 1. The van der Waals surface area contributed by atoms with Crippen molar-refractivity contribution >= 4 is 28.9 Å². The fourth-order valence-electron chi connectivity index (χ4n) is 4.76. The third-order valence-electron chi connectivity index (χ3n) is 6.83. The molecular weight excluding hydrogens is 510 g/mol. The molecule has 0 aliphatic carbocycles. The second-order valence-electron chi connectivity index (χ2n) is 9.57. The molecule has 0 radical (unpaired) electrons. The van der Waals surface area contributed by atoms with Crippen LogP contribution >= 0.6 is 11.6 Å². The second-order valence-corrected chi connectivity index (χ2v) is 9.98. The number of rotatable bonds is 10. The second kappa shape index (κ2) is 11.8. The molecule has 7 nitrogen and oxygen atoms in total. The Bertz CT molecular complexity index is 1550. The molecule has 8 heteroatoms. The van der Waals surface area contributed by atoms with Gasteiger partial charge in [0.2, 0.25) is 5.95 Å². The lowest BCUT2D eigenvalue weighted by molar-refractivity contribution is 0.238. The molecule has 0 saturated carbocycles. The highest BCUT2D eigenvalue weighted by molar-refractivity contribution is 6.31. The minimum atomic E-state index is 0.396. The first-order valence-corrected chi connectivity index (χ1v) is 13.6. The largest absolute Gasteiger partial charge is 0.492 e. The Morgan fingerprint density at radius 3 is 2.49 bits per heavy atom. The Morgan fingerprint density at radius 2 is 1.64 bits per heavy atom. The van der Waals surface area contributed by atoms with E-state index < -0.39 is 0 Å². The summed E-state index contributed by atoms with van der Waals surface area (Å²) < 4.78 is 13.8. The molecule has 39 heavy (non-hydrogen) atoms. The molecule has 5 aromatic rings. The summed E-state index contributed by atoms with van der Waals surface area (Å²) in [5.41, 5.74) is 4.48. The molecule has 6 rings (SSSR count). The quantitative estimate of drug-likeness (QED) is 0.209. The van der Waals surface area contributed by atoms with Crippen LogP contribution in [0.15, 0.2) is 91.0 Å². The minimum absolute atomic E-state index is 0.396. The number of aromatic nitrogens is 3. The summed E-state index contributed by atoms with van der Waals surface area (Å²) in [6.07, 6.45) is 2.59. The standard InChI is InChI=1S/C31H30ClN5O2/c32-28-10-2-1-7-24(28)22-39-27-9-5-8-23(21-27)29-11-6-12-30-34-31(35-37(29)30)33-25-13-15-26(16-14-25)38-20-19-36-17-3-4-18-36/h1-2,5-16,21H,3-4,17-20,22H2,(H,33,35). The van der Waals surface area contributed by atoms with Crippen LogP contribution in [-0.4, -0.2) is 45.7 Å². The van der Waals surface area contributed by atoms with Crippen molar-refractivity contribution in [3.8, 4) is 22.8 Å². The number of hydrogen-bond donors (Lipinski definition) is 1. The van der Waals surface area contributed by atoms with Gasteiger partial charge >= 0.3 is 0 Å². The Morgan fingerprint density at radius 1 is 0.821 bits per heavy atom. The van der Waals surface area contributed by atoms with Crippen molar-refractivity contribution in [3.63, 3.8) is 0 Å². The van der Waals surface area contributed by atoms with E-state index in [1.165, 1.54) is 25.9 Å². The van der Waals surface area contributed by atoms with Gasteiger partial charge in [-0.3, -0.25) is 4.90 Å². The summed E-state index contributed by atoms with van der Waals surface area (Å²) in [7, 11) is 0. The highest BCUT2D eigenvalue weighted by atomic mass is 35.5. The zero-order chi connectivity index (χ0) is 26.4. The van der Waals surface area contributed by atoms with E-state index in [1.54, 1.807) is 0 Å². The third-order valence-corrected chi connectivity index (χ3v) is 7.20. The van der Waals surface area contributed by atoms with E-state index >= 15 is 0 Å². The molecule has 198 valence electrons. The van der Waals surface area contributed by atoms with Gasteiger partial charge in [0, 0.05) is 28.4 Å². The topological polar surface area (TPSA) is 63.9 Å². The molecule has 3 heterocycles. The van der Waals surface area contributed by atoms with Crippen molar-refractivity contribution in [3.05, 3.63) is 102 Å². The van der Waals surface area contributed by atoms with Crippen LogP contribution in [0.4, 0.5) is 11.6 Å². The highest BCUT2D eigenvalue weighted by Gasteiger charge is 2.12. The average Bonchev–Trinajstić information content (AvgIpc) is 3.63. The predicted molar refractivity (Wildman–Crippen MR) is 155 cm³/mol. The average molecular weight is 540 g/mol. The van der Waals surface area contributed by atoms with E-state index in [0.29, 0.717) is 24.2 Å².